The summed E-state index contributed by atoms with van der Waals surface area (Å²) in [6.45, 7) is 12.1. The summed E-state index contributed by atoms with van der Waals surface area (Å²) in [6.07, 6.45) is 1.86. The third kappa shape index (κ3) is 6.51. The van der Waals surface area contributed by atoms with Gasteiger partial charge in [-0.05, 0) is 44.0 Å². The van der Waals surface area contributed by atoms with E-state index in [0.717, 1.165) is 51.5 Å². The van der Waals surface area contributed by atoms with Gasteiger partial charge in [0.25, 0.3) is 0 Å². The first-order valence-corrected chi connectivity index (χ1v) is 10.5. The Hall–Kier alpha value is -2.08. The average molecular weight is 389 g/mol. The van der Waals surface area contributed by atoms with Gasteiger partial charge in [0.2, 0.25) is 0 Å². The number of hydrogen-bond acceptors (Lipinski definition) is 4. The lowest BCUT2D eigenvalue weighted by Gasteiger charge is -2.34. The van der Waals surface area contributed by atoms with Crippen molar-refractivity contribution in [3.63, 3.8) is 0 Å². The van der Waals surface area contributed by atoms with Crippen LogP contribution < -0.4 is 5.32 Å². The summed E-state index contributed by atoms with van der Waals surface area (Å²) in [7, 11) is 1.80. The first-order chi connectivity index (χ1) is 13.6. The van der Waals surface area contributed by atoms with Gasteiger partial charge in [-0.25, -0.2) is 0 Å². The molecule has 28 heavy (non-hydrogen) atoms. The molecule has 1 aliphatic heterocycles. The minimum Gasteiger partial charge on any atom is -0.466 e. The van der Waals surface area contributed by atoms with Crippen LogP contribution in [-0.4, -0.2) is 61.6 Å². The Kier molecular flexibility index (Phi) is 9.28. The molecule has 1 saturated heterocycles. The van der Waals surface area contributed by atoms with Gasteiger partial charge in [0, 0.05) is 33.2 Å². The number of hydrogen-bond donors (Lipinski definition) is 1. The lowest BCUT2D eigenvalue weighted by molar-refractivity contribution is -0.149. The molecule has 2 rings (SSSR count). The second kappa shape index (κ2) is 11.7. The number of nitrogens with one attached hydrogen (secondary N) is 1. The molecule has 0 amide bonds. The van der Waals surface area contributed by atoms with Crippen LogP contribution in [0.15, 0.2) is 29.3 Å². The molecular weight excluding hydrogens is 352 g/mol. The molecule has 0 bridgehead atoms. The van der Waals surface area contributed by atoms with Gasteiger partial charge in [0.05, 0.1) is 12.5 Å². The molecule has 1 aromatic carbocycles. The smallest absolute Gasteiger partial charge is 0.310 e. The van der Waals surface area contributed by atoms with Crippen LogP contribution in [-0.2, 0) is 22.6 Å². The molecular formula is C22H36N4O2. The van der Waals surface area contributed by atoms with Crippen molar-refractivity contribution < 1.29 is 9.53 Å². The number of likely N-dealkylation sites (tertiary alicyclic amines) is 1. The number of ether oxygens (including phenoxy) is 1. The predicted octanol–water partition coefficient (Wildman–Crippen LogP) is 2.88. The molecule has 6 heteroatoms. The van der Waals surface area contributed by atoms with Crippen LogP contribution in [0.1, 0.15) is 44.7 Å². The SMILES string of the molecule is CCOC(=O)C1CCCN(C(=NC)NCc2cccc(CN(CC)CC)c2)C1. The van der Waals surface area contributed by atoms with Crippen LogP contribution in [0.3, 0.4) is 0 Å². The molecule has 1 atom stereocenters. The van der Waals surface area contributed by atoms with Crippen LogP contribution in [0.2, 0.25) is 0 Å². The van der Waals surface area contributed by atoms with Crippen LogP contribution in [0.25, 0.3) is 0 Å². The monoisotopic (exact) mass is 388 g/mol. The number of aliphatic imine (C=N–C) groups is 1. The van der Waals surface area contributed by atoms with Gasteiger partial charge in [-0.1, -0.05) is 38.1 Å². The number of esters is 1. The molecule has 0 saturated carbocycles. The maximum absolute atomic E-state index is 12.1. The van der Waals surface area contributed by atoms with Crippen molar-refractivity contribution in [1.82, 2.24) is 15.1 Å². The molecule has 0 aromatic heterocycles. The zero-order valence-corrected chi connectivity index (χ0v) is 17.9. The summed E-state index contributed by atoms with van der Waals surface area (Å²) in [4.78, 5) is 21.1. The largest absolute Gasteiger partial charge is 0.466 e. The first-order valence-electron chi connectivity index (χ1n) is 10.5. The highest BCUT2D eigenvalue weighted by Gasteiger charge is 2.28. The third-order valence-corrected chi connectivity index (χ3v) is 5.30. The van der Waals surface area contributed by atoms with E-state index in [2.05, 4.69) is 58.2 Å². The normalized spacial score (nSPS) is 17.7. The summed E-state index contributed by atoms with van der Waals surface area (Å²) in [5.74, 6) is 0.694. The van der Waals surface area contributed by atoms with Gasteiger partial charge in [0.1, 0.15) is 0 Å². The Bertz CT molecular complexity index is 643. The molecule has 0 aliphatic carbocycles. The maximum atomic E-state index is 12.1. The van der Waals surface area contributed by atoms with E-state index < -0.39 is 0 Å². The van der Waals surface area contributed by atoms with E-state index in [1.165, 1.54) is 11.1 Å². The van der Waals surface area contributed by atoms with Crippen molar-refractivity contribution in [2.45, 2.75) is 46.7 Å². The summed E-state index contributed by atoms with van der Waals surface area (Å²) in [5.41, 5.74) is 2.57. The maximum Gasteiger partial charge on any atom is 0.310 e. The van der Waals surface area contributed by atoms with Crippen molar-refractivity contribution in [3.8, 4) is 0 Å². The molecule has 1 unspecified atom stereocenters. The van der Waals surface area contributed by atoms with Gasteiger partial charge in [-0.15, -0.1) is 0 Å². The summed E-state index contributed by atoms with van der Waals surface area (Å²) < 4.78 is 5.21. The highest BCUT2D eigenvalue weighted by molar-refractivity contribution is 5.81. The molecule has 156 valence electrons. The van der Waals surface area contributed by atoms with Crippen LogP contribution in [0.5, 0.6) is 0 Å². The number of carbonyl (C=O) groups is 1. The van der Waals surface area contributed by atoms with E-state index in [4.69, 9.17) is 4.74 Å². The quantitative estimate of drug-likeness (QED) is 0.422. The fourth-order valence-electron chi connectivity index (χ4n) is 3.68. The van der Waals surface area contributed by atoms with Crippen molar-refractivity contribution in [3.05, 3.63) is 35.4 Å². The molecule has 1 aromatic rings. The minimum absolute atomic E-state index is 0.0651. The summed E-state index contributed by atoms with van der Waals surface area (Å²) >= 11 is 0. The number of piperidine rings is 1. The minimum atomic E-state index is -0.0910. The van der Waals surface area contributed by atoms with E-state index in [1.807, 2.05) is 6.92 Å². The first kappa shape index (κ1) is 22.2. The van der Waals surface area contributed by atoms with E-state index in [1.54, 1.807) is 7.05 Å². The number of nitrogens with zero attached hydrogens (tertiary/aromatic N) is 3. The number of rotatable bonds is 8. The highest BCUT2D eigenvalue weighted by atomic mass is 16.5. The second-order valence-corrected chi connectivity index (χ2v) is 7.22. The van der Waals surface area contributed by atoms with Crippen molar-refractivity contribution in [2.24, 2.45) is 10.9 Å². The van der Waals surface area contributed by atoms with Crippen LogP contribution in [0, 0.1) is 5.92 Å². The Morgan fingerprint density at radius 2 is 2.04 bits per heavy atom. The molecule has 1 aliphatic rings. The Labute approximate surface area is 170 Å². The van der Waals surface area contributed by atoms with Gasteiger partial charge in [-0.3, -0.25) is 14.7 Å². The fourth-order valence-corrected chi connectivity index (χ4v) is 3.68. The number of carbonyl (C=O) groups excluding carboxylic acids is 1. The second-order valence-electron chi connectivity index (χ2n) is 7.22. The van der Waals surface area contributed by atoms with E-state index >= 15 is 0 Å². The van der Waals surface area contributed by atoms with Gasteiger partial charge in [0.15, 0.2) is 5.96 Å². The molecule has 1 N–H and O–H groups in total. The summed E-state index contributed by atoms with van der Waals surface area (Å²) in [5, 5.41) is 3.47. The highest BCUT2D eigenvalue weighted by Crippen LogP contribution is 2.18. The molecule has 1 heterocycles. The Balaban J connectivity index is 1.94. The topological polar surface area (TPSA) is 57.2 Å². The lowest BCUT2D eigenvalue weighted by atomic mass is 9.98. The van der Waals surface area contributed by atoms with Gasteiger partial charge >= 0.3 is 5.97 Å². The molecule has 6 nitrogen and oxygen atoms in total. The zero-order valence-electron chi connectivity index (χ0n) is 17.9. The predicted molar refractivity (Wildman–Crippen MR) is 114 cm³/mol. The zero-order chi connectivity index (χ0) is 20.4. The molecule has 0 spiro atoms. The van der Waals surface area contributed by atoms with Crippen LogP contribution >= 0.6 is 0 Å². The van der Waals surface area contributed by atoms with E-state index in [9.17, 15) is 4.79 Å². The van der Waals surface area contributed by atoms with Gasteiger partial charge in [-0.2, -0.15) is 0 Å². The fraction of sp³-hybridized carbons (Fsp3) is 0.636. The Morgan fingerprint density at radius 3 is 2.71 bits per heavy atom. The van der Waals surface area contributed by atoms with E-state index in [0.29, 0.717) is 13.2 Å². The summed E-state index contributed by atoms with van der Waals surface area (Å²) in [6, 6.07) is 8.71. The number of guanidine groups is 1. The lowest BCUT2D eigenvalue weighted by Crippen LogP contribution is -2.48. The van der Waals surface area contributed by atoms with Gasteiger partial charge < -0.3 is 15.0 Å². The standard InChI is InChI=1S/C22H36N4O2/c1-5-25(6-2)16-19-11-8-10-18(14-19)15-24-22(23-4)26-13-9-12-20(17-26)21(27)28-7-3/h8,10-11,14,20H,5-7,9,12-13,15-17H2,1-4H3,(H,23,24). The van der Waals surface area contributed by atoms with Crippen molar-refractivity contribution in [1.29, 1.82) is 0 Å². The van der Waals surface area contributed by atoms with E-state index in [-0.39, 0.29) is 11.9 Å². The Morgan fingerprint density at radius 1 is 1.29 bits per heavy atom. The van der Waals surface area contributed by atoms with Crippen molar-refractivity contribution in [2.75, 3.05) is 39.8 Å². The number of benzene rings is 1. The molecule has 0 radical (unpaired) electrons. The van der Waals surface area contributed by atoms with Crippen LogP contribution in [0.4, 0.5) is 0 Å². The average Bonchev–Trinajstić information content (AvgIpc) is 2.73. The molecule has 1 fully saturated rings. The third-order valence-electron chi connectivity index (χ3n) is 5.30. The van der Waals surface area contributed by atoms with Crippen molar-refractivity contribution >= 4 is 11.9 Å².